The molecular formula is C17H27NO4. The molecule has 1 aromatic rings. The van der Waals surface area contributed by atoms with Crippen LogP contribution in [-0.4, -0.2) is 37.8 Å². The van der Waals surface area contributed by atoms with Crippen LogP contribution >= 0.6 is 0 Å². The maximum atomic E-state index is 11.4. The second-order valence-corrected chi connectivity index (χ2v) is 6.34. The van der Waals surface area contributed by atoms with E-state index in [9.17, 15) is 9.90 Å². The fourth-order valence-electron chi connectivity index (χ4n) is 2.15. The first kappa shape index (κ1) is 18.5. The highest BCUT2D eigenvalue weighted by Crippen LogP contribution is 2.35. The van der Waals surface area contributed by atoms with Crippen LogP contribution in [0.3, 0.4) is 0 Å². The highest BCUT2D eigenvalue weighted by molar-refractivity contribution is 5.81. The molecule has 0 radical (unpaired) electrons. The van der Waals surface area contributed by atoms with E-state index in [4.69, 9.17) is 9.47 Å². The Hall–Kier alpha value is -1.59. The number of aliphatic hydroxyl groups excluding tert-OH is 1. The van der Waals surface area contributed by atoms with Gasteiger partial charge in [-0.2, -0.15) is 0 Å². The van der Waals surface area contributed by atoms with Gasteiger partial charge in [0.15, 0.2) is 0 Å². The SMILES string of the molecule is COc1cc(C(C)(C)C)cc(OC)c1CN[C@H](CO)C(C)=O. The summed E-state index contributed by atoms with van der Waals surface area (Å²) in [7, 11) is 3.22. The smallest absolute Gasteiger partial charge is 0.149 e. The maximum absolute atomic E-state index is 11.4. The van der Waals surface area contributed by atoms with E-state index in [0.29, 0.717) is 18.0 Å². The second-order valence-electron chi connectivity index (χ2n) is 6.34. The molecule has 0 aliphatic carbocycles. The van der Waals surface area contributed by atoms with Gasteiger partial charge in [-0.3, -0.25) is 4.79 Å². The van der Waals surface area contributed by atoms with E-state index in [2.05, 4.69) is 26.1 Å². The van der Waals surface area contributed by atoms with E-state index >= 15 is 0 Å². The van der Waals surface area contributed by atoms with Crippen LogP contribution in [0.15, 0.2) is 12.1 Å². The molecule has 0 unspecified atom stereocenters. The number of nitrogens with one attached hydrogen (secondary N) is 1. The van der Waals surface area contributed by atoms with Crippen molar-refractivity contribution >= 4 is 5.78 Å². The summed E-state index contributed by atoms with van der Waals surface area (Å²) in [6.07, 6.45) is 0. The molecule has 22 heavy (non-hydrogen) atoms. The first-order chi connectivity index (χ1) is 10.2. The van der Waals surface area contributed by atoms with E-state index in [1.165, 1.54) is 6.92 Å². The zero-order valence-corrected chi connectivity index (χ0v) is 14.3. The van der Waals surface area contributed by atoms with Gasteiger partial charge in [0.2, 0.25) is 0 Å². The number of hydrogen-bond donors (Lipinski definition) is 2. The lowest BCUT2D eigenvalue weighted by atomic mass is 9.86. The Bertz CT molecular complexity index is 495. The molecule has 2 N–H and O–H groups in total. The van der Waals surface area contributed by atoms with Gasteiger partial charge in [-0.15, -0.1) is 0 Å². The predicted molar refractivity (Wildman–Crippen MR) is 86.6 cm³/mol. The number of aliphatic hydroxyl groups is 1. The van der Waals surface area contributed by atoms with E-state index in [-0.39, 0.29) is 17.8 Å². The number of carbonyl (C=O) groups is 1. The van der Waals surface area contributed by atoms with Crippen LogP contribution in [0.25, 0.3) is 0 Å². The Labute approximate surface area is 132 Å². The van der Waals surface area contributed by atoms with Gasteiger partial charge in [0.05, 0.1) is 26.9 Å². The van der Waals surface area contributed by atoms with Gasteiger partial charge >= 0.3 is 0 Å². The molecule has 0 bridgehead atoms. The number of rotatable bonds is 7. The van der Waals surface area contributed by atoms with E-state index in [1.807, 2.05) is 12.1 Å². The molecule has 0 spiro atoms. The van der Waals surface area contributed by atoms with Crippen molar-refractivity contribution in [1.82, 2.24) is 5.32 Å². The molecule has 0 fully saturated rings. The number of ether oxygens (including phenoxy) is 2. The maximum Gasteiger partial charge on any atom is 0.149 e. The molecule has 124 valence electrons. The summed E-state index contributed by atoms with van der Waals surface area (Å²) in [6, 6.07) is 3.39. The van der Waals surface area contributed by atoms with Crippen molar-refractivity contribution < 1.29 is 19.4 Å². The van der Waals surface area contributed by atoms with Crippen LogP contribution in [0.4, 0.5) is 0 Å². The lowest BCUT2D eigenvalue weighted by molar-refractivity contribution is -0.119. The third-order valence-electron chi connectivity index (χ3n) is 3.67. The number of benzene rings is 1. The average Bonchev–Trinajstić information content (AvgIpc) is 2.45. The topological polar surface area (TPSA) is 67.8 Å². The summed E-state index contributed by atoms with van der Waals surface area (Å²) in [5.41, 5.74) is 1.91. The summed E-state index contributed by atoms with van der Waals surface area (Å²) < 4.78 is 11.0. The summed E-state index contributed by atoms with van der Waals surface area (Å²) in [4.78, 5) is 11.4. The van der Waals surface area contributed by atoms with Crippen molar-refractivity contribution in [3.63, 3.8) is 0 Å². The minimum absolute atomic E-state index is 0.0282. The van der Waals surface area contributed by atoms with Crippen molar-refractivity contribution in [2.24, 2.45) is 0 Å². The van der Waals surface area contributed by atoms with E-state index in [0.717, 1.165) is 11.1 Å². The fraction of sp³-hybridized carbons (Fsp3) is 0.588. The number of ketones is 1. The molecule has 0 aliphatic heterocycles. The molecule has 0 aliphatic rings. The van der Waals surface area contributed by atoms with Crippen LogP contribution in [0.1, 0.15) is 38.8 Å². The average molecular weight is 309 g/mol. The van der Waals surface area contributed by atoms with Crippen LogP contribution in [0.2, 0.25) is 0 Å². The predicted octanol–water partition coefficient (Wildman–Crippen LogP) is 2.04. The first-order valence-corrected chi connectivity index (χ1v) is 7.34. The molecule has 5 heteroatoms. The third-order valence-corrected chi connectivity index (χ3v) is 3.67. The Morgan fingerprint density at radius 2 is 1.73 bits per heavy atom. The fourth-order valence-corrected chi connectivity index (χ4v) is 2.15. The Balaban J connectivity index is 3.15. The minimum atomic E-state index is -0.586. The summed E-state index contributed by atoms with van der Waals surface area (Å²) in [6.45, 7) is 7.96. The zero-order valence-electron chi connectivity index (χ0n) is 14.3. The van der Waals surface area contributed by atoms with Crippen LogP contribution in [-0.2, 0) is 16.8 Å². The molecule has 1 atom stereocenters. The number of methoxy groups -OCH3 is 2. The van der Waals surface area contributed by atoms with Crippen LogP contribution in [0, 0.1) is 0 Å². The molecular weight excluding hydrogens is 282 g/mol. The molecule has 0 saturated heterocycles. The van der Waals surface area contributed by atoms with Gasteiger partial charge in [-0.1, -0.05) is 20.8 Å². The quantitative estimate of drug-likeness (QED) is 0.807. The number of carbonyl (C=O) groups excluding carboxylic acids is 1. The van der Waals surface area contributed by atoms with Crippen molar-refractivity contribution in [3.05, 3.63) is 23.3 Å². The Kier molecular flexibility index (Phi) is 6.38. The monoisotopic (exact) mass is 309 g/mol. The van der Waals surface area contributed by atoms with Crippen molar-refractivity contribution in [1.29, 1.82) is 0 Å². The van der Waals surface area contributed by atoms with Crippen molar-refractivity contribution in [2.75, 3.05) is 20.8 Å². The Morgan fingerprint density at radius 3 is 2.05 bits per heavy atom. The van der Waals surface area contributed by atoms with Gasteiger partial charge in [0.1, 0.15) is 17.3 Å². The van der Waals surface area contributed by atoms with Gasteiger partial charge in [-0.25, -0.2) is 0 Å². The molecule has 0 saturated carbocycles. The summed E-state index contributed by atoms with van der Waals surface area (Å²) in [5.74, 6) is 1.31. The molecule has 1 aromatic carbocycles. The van der Waals surface area contributed by atoms with E-state index < -0.39 is 6.04 Å². The lowest BCUT2D eigenvalue weighted by Crippen LogP contribution is -2.38. The lowest BCUT2D eigenvalue weighted by Gasteiger charge is -2.23. The van der Waals surface area contributed by atoms with Gasteiger partial charge in [0.25, 0.3) is 0 Å². The molecule has 0 aromatic heterocycles. The molecule has 0 amide bonds. The molecule has 1 rings (SSSR count). The first-order valence-electron chi connectivity index (χ1n) is 7.34. The normalized spacial score (nSPS) is 12.9. The van der Waals surface area contributed by atoms with Gasteiger partial charge in [-0.05, 0) is 30.0 Å². The molecule has 5 nitrogen and oxygen atoms in total. The number of hydrogen-bond acceptors (Lipinski definition) is 5. The van der Waals surface area contributed by atoms with Gasteiger partial charge in [0, 0.05) is 12.1 Å². The van der Waals surface area contributed by atoms with E-state index in [1.54, 1.807) is 14.2 Å². The van der Waals surface area contributed by atoms with Crippen molar-refractivity contribution in [2.45, 2.75) is 45.7 Å². The van der Waals surface area contributed by atoms with Crippen LogP contribution in [0.5, 0.6) is 11.5 Å². The highest BCUT2D eigenvalue weighted by Gasteiger charge is 2.21. The standard InChI is InChI=1S/C17H27NO4/c1-11(20)14(10-19)18-9-13-15(21-5)7-12(17(2,3)4)8-16(13)22-6/h7-8,14,18-19H,9-10H2,1-6H3/t14-/m1/s1. The Morgan fingerprint density at radius 1 is 1.23 bits per heavy atom. The second kappa shape index (κ2) is 7.61. The van der Waals surface area contributed by atoms with Gasteiger partial charge < -0.3 is 19.9 Å². The summed E-state index contributed by atoms with van der Waals surface area (Å²) in [5, 5.41) is 12.3. The zero-order chi connectivity index (χ0) is 16.9. The largest absolute Gasteiger partial charge is 0.496 e. The van der Waals surface area contributed by atoms with Crippen molar-refractivity contribution in [3.8, 4) is 11.5 Å². The summed E-state index contributed by atoms with van der Waals surface area (Å²) >= 11 is 0. The van der Waals surface area contributed by atoms with Crippen LogP contribution < -0.4 is 14.8 Å². The molecule has 0 heterocycles. The highest BCUT2D eigenvalue weighted by atomic mass is 16.5. The minimum Gasteiger partial charge on any atom is -0.496 e. The third kappa shape index (κ3) is 4.45. The number of Topliss-reactive ketones (excluding diaryl/α,β-unsaturated/α-hetero) is 1.